The summed E-state index contributed by atoms with van der Waals surface area (Å²) in [5.41, 5.74) is 14.2. The summed E-state index contributed by atoms with van der Waals surface area (Å²) in [6, 6.07) is 31.1. The van der Waals surface area contributed by atoms with E-state index in [9.17, 15) is 20.1 Å². The molecule has 5 aromatic carbocycles. The minimum absolute atomic E-state index is 0.0120. The Bertz CT molecular complexity index is 2030. The zero-order chi connectivity index (χ0) is 33.2. The van der Waals surface area contributed by atoms with Crippen LogP contribution in [0.15, 0.2) is 91.0 Å². The second-order valence-electron chi connectivity index (χ2n) is 13.8. The number of aromatic carboxylic acids is 1. The van der Waals surface area contributed by atoms with Gasteiger partial charge in [0.25, 0.3) is 0 Å². The van der Waals surface area contributed by atoms with Crippen molar-refractivity contribution in [3.05, 3.63) is 141 Å². The summed E-state index contributed by atoms with van der Waals surface area (Å²) >= 11 is 0. The second-order valence-corrected chi connectivity index (χ2v) is 13.8. The van der Waals surface area contributed by atoms with E-state index in [1.807, 2.05) is 18.2 Å². The number of hydrogen-bond donors (Lipinski definition) is 3. The number of phenols is 2. The first-order chi connectivity index (χ1) is 22.6. The second kappa shape index (κ2) is 11.5. The summed E-state index contributed by atoms with van der Waals surface area (Å²) in [7, 11) is 0. The summed E-state index contributed by atoms with van der Waals surface area (Å²) in [6.07, 6.45) is 3.13. The molecule has 4 nitrogen and oxygen atoms in total. The SMILES string of the molecule is CCC(C)c1ccc2c(c1)C(c1ccc(O)c(C(=O)O)c1)c1cc3c(cc1-2)C(c1ccc(O)cc1)c1cc(C(C)(CC)CC)ccc1-3. The number of rotatable bonds is 8. The van der Waals surface area contributed by atoms with Crippen molar-refractivity contribution >= 4 is 5.97 Å². The van der Waals surface area contributed by atoms with Crippen LogP contribution in [0.4, 0.5) is 0 Å². The van der Waals surface area contributed by atoms with Gasteiger partial charge >= 0.3 is 5.97 Å². The van der Waals surface area contributed by atoms with Gasteiger partial charge in [-0.3, -0.25) is 0 Å². The molecule has 0 aliphatic heterocycles. The van der Waals surface area contributed by atoms with Gasteiger partial charge in [-0.25, -0.2) is 4.79 Å². The normalized spacial score (nSPS) is 16.7. The van der Waals surface area contributed by atoms with Crippen LogP contribution >= 0.6 is 0 Å². The van der Waals surface area contributed by atoms with Gasteiger partial charge in [-0.05, 0) is 134 Å². The number of carboxylic acid groups (broad SMARTS) is 1. The van der Waals surface area contributed by atoms with Gasteiger partial charge in [-0.2, -0.15) is 0 Å². The average molecular weight is 623 g/mol. The molecule has 3 unspecified atom stereocenters. The molecule has 0 fully saturated rings. The van der Waals surface area contributed by atoms with Gasteiger partial charge in [0.15, 0.2) is 0 Å². The summed E-state index contributed by atoms with van der Waals surface area (Å²) in [5.74, 6) is -0.888. The molecular weight excluding hydrogens is 580 g/mol. The lowest BCUT2D eigenvalue weighted by Crippen LogP contribution is -2.19. The highest BCUT2D eigenvalue weighted by atomic mass is 16.4. The smallest absolute Gasteiger partial charge is 0.339 e. The molecule has 0 amide bonds. The van der Waals surface area contributed by atoms with E-state index in [2.05, 4.69) is 83.1 Å². The Labute approximate surface area is 277 Å². The third kappa shape index (κ3) is 4.85. The number of phenolic OH excluding ortho intramolecular Hbond substituents is 1. The van der Waals surface area contributed by atoms with Crippen LogP contribution in [0.3, 0.4) is 0 Å². The van der Waals surface area contributed by atoms with E-state index in [1.165, 1.54) is 45.0 Å². The Morgan fingerprint density at radius 2 is 1.23 bits per heavy atom. The fourth-order valence-electron chi connectivity index (χ4n) is 7.89. The number of benzene rings is 5. The third-order valence-corrected chi connectivity index (χ3v) is 11.4. The standard InChI is InChI=1S/C43H42O4/c1-6-24(4)26-11-16-30-32-22-36-33(23-37(32)41(34(30)19-26)27-12-18-39(45)38(20-27)42(46)47)31-17-13-28(43(5,7-2)8-3)21-35(31)40(36)25-9-14-29(44)15-10-25/h9-24,40-41,44-45H,6-8H2,1-5H3,(H,46,47). The molecule has 0 spiro atoms. The van der Waals surface area contributed by atoms with Crippen molar-refractivity contribution in [3.63, 3.8) is 0 Å². The molecular formula is C43H42O4. The fourth-order valence-corrected chi connectivity index (χ4v) is 7.89. The van der Waals surface area contributed by atoms with Crippen molar-refractivity contribution in [2.75, 3.05) is 0 Å². The number of fused-ring (bicyclic) bond motifs is 6. The summed E-state index contributed by atoms with van der Waals surface area (Å²) in [6.45, 7) is 11.3. The number of aromatic hydroxyl groups is 2. The molecule has 238 valence electrons. The maximum atomic E-state index is 12.1. The summed E-state index contributed by atoms with van der Waals surface area (Å²) < 4.78 is 0. The van der Waals surface area contributed by atoms with Crippen LogP contribution in [0.2, 0.25) is 0 Å². The van der Waals surface area contributed by atoms with Crippen LogP contribution in [0, 0.1) is 0 Å². The number of carboxylic acids is 1. The van der Waals surface area contributed by atoms with E-state index in [0.29, 0.717) is 5.92 Å². The van der Waals surface area contributed by atoms with Crippen molar-refractivity contribution < 1.29 is 20.1 Å². The minimum atomic E-state index is -1.14. The molecule has 2 aliphatic rings. The largest absolute Gasteiger partial charge is 0.508 e. The zero-order valence-electron chi connectivity index (χ0n) is 27.8. The lowest BCUT2D eigenvalue weighted by Gasteiger charge is -2.28. The molecule has 3 atom stereocenters. The monoisotopic (exact) mass is 622 g/mol. The van der Waals surface area contributed by atoms with Gasteiger partial charge in [0, 0.05) is 11.8 Å². The van der Waals surface area contributed by atoms with Gasteiger partial charge < -0.3 is 15.3 Å². The van der Waals surface area contributed by atoms with Crippen LogP contribution in [0.5, 0.6) is 11.5 Å². The van der Waals surface area contributed by atoms with Crippen LogP contribution in [-0.2, 0) is 5.41 Å². The Kier molecular flexibility index (Phi) is 7.50. The third-order valence-electron chi connectivity index (χ3n) is 11.4. The molecule has 2 aliphatic carbocycles. The van der Waals surface area contributed by atoms with Crippen LogP contribution in [-0.4, -0.2) is 21.3 Å². The molecule has 0 bridgehead atoms. The van der Waals surface area contributed by atoms with Crippen molar-refractivity contribution in [2.24, 2.45) is 0 Å². The summed E-state index contributed by atoms with van der Waals surface area (Å²) in [4.78, 5) is 12.1. The van der Waals surface area contributed by atoms with Gasteiger partial charge in [-0.15, -0.1) is 0 Å². The predicted octanol–water partition coefficient (Wildman–Crippen LogP) is 10.7. The molecule has 0 radical (unpaired) electrons. The van der Waals surface area contributed by atoms with Crippen molar-refractivity contribution in [2.45, 2.75) is 77.0 Å². The molecule has 47 heavy (non-hydrogen) atoms. The highest BCUT2D eigenvalue weighted by Gasteiger charge is 2.38. The molecule has 3 N–H and O–H groups in total. The van der Waals surface area contributed by atoms with Gasteiger partial charge in [0.05, 0.1) is 0 Å². The maximum Gasteiger partial charge on any atom is 0.339 e. The first kappa shape index (κ1) is 30.8. The van der Waals surface area contributed by atoms with Crippen LogP contribution in [0.25, 0.3) is 22.3 Å². The van der Waals surface area contributed by atoms with Gasteiger partial charge in [0.1, 0.15) is 17.1 Å². The highest BCUT2D eigenvalue weighted by Crippen LogP contribution is 2.56. The Morgan fingerprint density at radius 1 is 0.681 bits per heavy atom. The van der Waals surface area contributed by atoms with Crippen LogP contribution < -0.4 is 0 Å². The summed E-state index contributed by atoms with van der Waals surface area (Å²) in [5, 5.41) is 30.5. The van der Waals surface area contributed by atoms with E-state index in [-0.39, 0.29) is 34.3 Å². The zero-order valence-corrected chi connectivity index (χ0v) is 27.8. The van der Waals surface area contributed by atoms with Crippen molar-refractivity contribution in [1.29, 1.82) is 0 Å². The topological polar surface area (TPSA) is 77.8 Å². The average Bonchev–Trinajstić information content (AvgIpc) is 3.58. The number of hydrogen-bond acceptors (Lipinski definition) is 3. The molecule has 0 aromatic heterocycles. The molecule has 7 rings (SSSR count). The minimum Gasteiger partial charge on any atom is -0.508 e. The van der Waals surface area contributed by atoms with E-state index in [1.54, 1.807) is 18.2 Å². The molecule has 4 heteroatoms. The molecule has 0 heterocycles. The Hall–Kier alpha value is -4.83. The van der Waals surface area contributed by atoms with Crippen LogP contribution in [0.1, 0.15) is 127 Å². The molecule has 0 saturated carbocycles. The highest BCUT2D eigenvalue weighted by molar-refractivity contribution is 5.92. The van der Waals surface area contributed by atoms with Crippen molar-refractivity contribution in [1.82, 2.24) is 0 Å². The maximum absolute atomic E-state index is 12.1. The predicted molar refractivity (Wildman–Crippen MR) is 189 cm³/mol. The van der Waals surface area contributed by atoms with E-state index >= 15 is 0 Å². The van der Waals surface area contributed by atoms with E-state index < -0.39 is 5.97 Å². The van der Waals surface area contributed by atoms with Gasteiger partial charge in [0.2, 0.25) is 0 Å². The van der Waals surface area contributed by atoms with E-state index in [0.717, 1.165) is 47.1 Å². The lowest BCUT2D eigenvalue weighted by atomic mass is 9.76. The molecule has 5 aromatic rings. The quantitative estimate of drug-likeness (QED) is 0.158. The molecule has 0 saturated heterocycles. The lowest BCUT2D eigenvalue weighted by molar-refractivity contribution is 0.0693. The first-order valence-corrected chi connectivity index (χ1v) is 16.9. The van der Waals surface area contributed by atoms with E-state index in [4.69, 9.17) is 0 Å². The fraction of sp³-hybridized carbons (Fsp3) is 0.279. The Balaban J connectivity index is 1.49. The first-order valence-electron chi connectivity index (χ1n) is 16.9. The number of carbonyl (C=O) groups is 1. The van der Waals surface area contributed by atoms with Crippen molar-refractivity contribution in [3.8, 4) is 33.8 Å². The Morgan fingerprint density at radius 3 is 1.83 bits per heavy atom. The van der Waals surface area contributed by atoms with Gasteiger partial charge in [-0.1, -0.05) is 89.2 Å².